The van der Waals surface area contributed by atoms with Crippen LogP contribution < -0.4 is 5.32 Å². The second kappa shape index (κ2) is 9.09. The Hall–Kier alpha value is -0.160. The predicted molar refractivity (Wildman–Crippen MR) is 60.8 cm³/mol. The van der Waals surface area contributed by atoms with Gasteiger partial charge in [-0.25, -0.2) is 0 Å². The number of aliphatic hydroxyl groups is 2. The summed E-state index contributed by atoms with van der Waals surface area (Å²) >= 11 is 0. The third kappa shape index (κ3) is 10.1. The molecular formula is C11H25NO3. The molecular weight excluding hydrogens is 194 g/mol. The number of nitrogens with one attached hydrogen (secondary N) is 1. The van der Waals surface area contributed by atoms with Gasteiger partial charge in [0.2, 0.25) is 0 Å². The summed E-state index contributed by atoms with van der Waals surface area (Å²) in [5.41, 5.74) is 0. The van der Waals surface area contributed by atoms with Gasteiger partial charge in [-0.2, -0.15) is 0 Å². The molecule has 0 aliphatic rings. The highest BCUT2D eigenvalue weighted by Gasteiger charge is 2.05. The first-order valence-electron chi connectivity index (χ1n) is 5.63. The number of rotatable bonds is 9. The monoisotopic (exact) mass is 219 g/mol. The first-order valence-corrected chi connectivity index (χ1v) is 5.63. The molecule has 0 aliphatic heterocycles. The van der Waals surface area contributed by atoms with Crippen molar-refractivity contribution in [3.05, 3.63) is 0 Å². The Labute approximate surface area is 92.6 Å². The maximum Gasteiger partial charge on any atom is 0.0897 e. The van der Waals surface area contributed by atoms with E-state index in [1.165, 1.54) is 0 Å². The molecule has 0 bridgehead atoms. The van der Waals surface area contributed by atoms with E-state index in [-0.39, 0.29) is 12.5 Å². The van der Waals surface area contributed by atoms with Crippen LogP contribution in [0.15, 0.2) is 0 Å². The minimum absolute atomic E-state index is 0.174. The fourth-order valence-corrected chi connectivity index (χ4v) is 1.06. The molecule has 0 saturated carbocycles. The zero-order valence-corrected chi connectivity index (χ0v) is 10.1. The number of aliphatic hydroxyl groups excluding tert-OH is 2. The van der Waals surface area contributed by atoms with Crippen molar-refractivity contribution in [3.63, 3.8) is 0 Å². The summed E-state index contributed by atoms with van der Waals surface area (Å²) in [4.78, 5) is 0. The molecule has 4 nitrogen and oxygen atoms in total. The first kappa shape index (κ1) is 14.8. The van der Waals surface area contributed by atoms with Gasteiger partial charge in [0, 0.05) is 19.8 Å². The van der Waals surface area contributed by atoms with Crippen molar-refractivity contribution < 1.29 is 14.9 Å². The number of hydrogen-bond donors (Lipinski definition) is 3. The van der Waals surface area contributed by atoms with Crippen molar-refractivity contribution in [2.45, 2.75) is 26.9 Å². The summed E-state index contributed by atoms with van der Waals surface area (Å²) in [7, 11) is 0. The van der Waals surface area contributed by atoms with E-state index < -0.39 is 6.10 Å². The Morgan fingerprint density at radius 3 is 2.33 bits per heavy atom. The molecule has 0 radical (unpaired) electrons. The van der Waals surface area contributed by atoms with Gasteiger partial charge in [-0.1, -0.05) is 20.8 Å². The summed E-state index contributed by atoms with van der Waals surface area (Å²) < 4.78 is 5.30. The van der Waals surface area contributed by atoms with E-state index in [1.54, 1.807) is 0 Å². The van der Waals surface area contributed by atoms with Crippen LogP contribution in [0.2, 0.25) is 0 Å². The molecule has 0 aromatic carbocycles. The van der Waals surface area contributed by atoms with Crippen LogP contribution in [0.1, 0.15) is 20.8 Å². The first-order chi connectivity index (χ1) is 7.06. The standard InChI is InChI=1S/C11H25NO3/c1-9(2)7-15-8-11(14)5-12-4-10(3)6-13/h9-14H,4-8H2,1-3H3. The molecule has 0 spiro atoms. The molecule has 0 fully saturated rings. The molecule has 92 valence electrons. The molecule has 0 rings (SSSR count). The highest BCUT2D eigenvalue weighted by Crippen LogP contribution is 1.94. The molecule has 0 aromatic rings. The van der Waals surface area contributed by atoms with Gasteiger partial charge in [0.25, 0.3) is 0 Å². The topological polar surface area (TPSA) is 61.7 Å². The molecule has 0 aliphatic carbocycles. The van der Waals surface area contributed by atoms with Crippen LogP contribution in [0.4, 0.5) is 0 Å². The fourth-order valence-electron chi connectivity index (χ4n) is 1.06. The van der Waals surface area contributed by atoms with Crippen LogP contribution in [0.25, 0.3) is 0 Å². The van der Waals surface area contributed by atoms with Gasteiger partial charge in [-0.05, 0) is 18.4 Å². The van der Waals surface area contributed by atoms with Crippen LogP contribution in [0, 0.1) is 11.8 Å². The molecule has 0 aromatic heterocycles. The summed E-state index contributed by atoms with van der Waals surface area (Å²) in [6, 6.07) is 0. The minimum atomic E-state index is -0.463. The molecule has 0 saturated heterocycles. The van der Waals surface area contributed by atoms with Gasteiger partial charge in [0.15, 0.2) is 0 Å². The van der Waals surface area contributed by atoms with Gasteiger partial charge in [0.05, 0.1) is 12.7 Å². The van der Waals surface area contributed by atoms with E-state index in [9.17, 15) is 5.11 Å². The molecule has 4 heteroatoms. The molecule has 3 N–H and O–H groups in total. The Morgan fingerprint density at radius 1 is 1.13 bits per heavy atom. The molecule has 0 heterocycles. The lowest BCUT2D eigenvalue weighted by Gasteiger charge is -2.15. The molecule has 0 amide bonds. The largest absolute Gasteiger partial charge is 0.396 e. The van der Waals surface area contributed by atoms with Gasteiger partial charge >= 0.3 is 0 Å². The van der Waals surface area contributed by atoms with Crippen LogP contribution in [-0.2, 0) is 4.74 Å². The molecule has 15 heavy (non-hydrogen) atoms. The minimum Gasteiger partial charge on any atom is -0.396 e. The van der Waals surface area contributed by atoms with Crippen LogP contribution in [-0.4, -0.2) is 49.2 Å². The normalized spacial score (nSPS) is 15.6. The average molecular weight is 219 g/mol. The summed E-state index contributed by atoms with van der Waals surface area (Å²) in [5.74, 6) is 0.730. The van der Waals surface area contributed by atoms with Crippen molar-refractivity contribution >= 4 is 0 Å². The second-order valence-corrected chi connectivity index (χ2v) is 4.53. The van der Waals surface area contributed by atoms with E-state index >= 15 is 0 Å². The number of ether oxygens (including phenoxy) is 1. The Bertz CT molecular complexity index is 142. The van der Waals surface area contributed by atoms with E-state index in [2.05, 4.69) is 19.2 Å². The predicted octanol–water partition coefficient (Wildman–Crippen LogP) is 0.238. The number of hydrogen-bond acceptors (Lipinski definition) is 4. The Kier molecular flexibility index (Phi) is 9.00. The van der Waals surface area contributed by atoms with Crippen molar-refractivity contribution in [1.29, 1.82) is 0 Å². The molecule has 2 unspecified atom stereocenters. The highest BCUT2D eigenvalue weighted by molar-refractivity contribution is 4.61. The lowest BCUT2D eigenvalue weighted by Crippen LogP contribution is -2.34. The van der Waals surface area contributed by atoms with Gasteiger partial charge in [-0.3, -0.25) is 0 Å². The zero-order valence-electron chi connectivity index (χ0n) is 10.1. The summed E-state index contributed by atoms with van der Waals surface area (Å²) in [6.07, 6.45) is -0.463. The fraction of sp³-hybridized carbons (Fsp3) is 1.00. The van der Waals surface area contributed by atoms with Crippen molar-refractivity contribution in [1.82, 2.24) is 5.32 Å². The Balaban J connectivity index is 3.29. The van der Waals surface area contributed by atoms with E-state index in [1.807, 2.05) is 6.92 Å². The lowest BCUT2D eigenvalue weighted by atomic mass is 10.2. The maximum atomic E-state index is 9.50. The zero-order chi connectivity index (χ0) is 11.7. The van der Waals surface area contributed by atoms with Crippen LogP contribution in [0.3, 0.4) is 0 Å². The van der Waals surface area contributed by atoms with Crippen LogP contribution in [0.5, 0.6) is 0 Å². The Morgan fingerprint density at radius 2 is 1.80 bits per heavy atom. The summed E-state index contributed by atoms with van der Waals surface area (Å²) in [5, 5.41) is 21.4. The second-order valence-electron chi connectivity index (χ2n) is 4.53. The third-order valence-electron chi connectivity index (χ3n) is 1.95. The van der Waals surface area contributed by atoms with Gasteiger partial charge < -0.3 is 20.3 Å². The van der Waals surface area contributed by atoms with Crippen molar-refractivity contribution in [3.8, 4) is 0 Å². The smallest absolute Gasteiger partial charge is 0.0897 e. The quantitative estimate of drug-likeness (QED) is 0.520. The molecule has 2 atom stereocenters. The van der Waals surface area contributed by atoms with E-state index in [4.69, 9.17) is 9.84 Å². The highest BCUT2D eigenvalue weighted by atomic mass is 16.5. The van der Waals surface area contributed by atoms with Gasteiger partial charge in [-0.15, -0.1) is 0 Å². The average Bonchev–Trinajstić information content (AvgIpc) is 2.17. The maximum absolute atomic E-state index is 9.50. The van der Waals surface area contributed by atoms with Crippen molar-refractivity contribution in [2.75, 3.05) is 32.9 Å². The van der Waals surface area contributed by atoms with E-state index in [0.717, 1.165) is 6.54 Å². The lowest BCUT2D eigenvalue weighted by molar-refractivity contribution is 0.0256. The summed E-state index contributed by atoms with van der Waals surface area (Å²) in [6.45, 7) is 8.58. The van der Waals surface area contributed by atoms with Crippen molar-refractivity contribution in [2.24, 2.45) is 11.8 Å². The third-order valence-corrected chi connectivity index (χ3v) is 1.95. The van der Waals surface area contributed by atoms with E-state index in [0.29, 0.717) is 25.7 Å². The van der Waals surface area contributed by atoms with Crippen LogP contribution >= 0.6 is 0 Å². The SMILES string of the molecule is CC(C)COCC(O)CNCC(C)CO. The van der Waals surface area contributed by atoms with Gasteiger partial charge in [0.1, 0.15) is 0 Å².